The number of hydrogen-bond donors (Lipinski definition) is 0. The molecular formula is C11H14ClNO2. The van der Waals surface area contributed by atoms with E-state index in [1.54, 1.807) is 6.07 Å². The van der Waals surface area contributed by atoms with Gasteiger partial charge in [-0.3, -0.25) is 10.1 Å². The van der Waals surface area contributed by atoms with Gasteiger partial charge in [-0.2, -0.15) is 0 Å². The Kier molecular flexibility index (Phi) is 4.09. The number of nitro groups is 1. The number of nitro benzene ring substituents is 1. The summed E-state index contributed by atoms with van der Waals surface area (Å²) in [6, 6.07) is 4.91. The van der Waals surface area contributed by atoms with Gasteiger partial charge in [-0.1, -0.05) is 19.9 Å². The van der Waals surface area contributed by atoms with E-state index in [1.807, 2.05) is 6.07 Å². The van der Waals surface area contributed by atoms with E-state index < -0.39 is 4.92 Å². The summed E-state index contributed by atoms with van der Waals surface area (Å²) in [5, 5.41) is 10.6. The first-order chi connectivity index (χ1) is 7.10. The summed E-state index contributed by atoms with van der Waals surface area (Å²) in [7, 11) is 0. The second-order valence-electron chi connectivity index (χ2n) is 3.58. The van der Waals surface area contributed by atoms with Crippen molar-refractivity contribution < 1.29 is 4.92 Å². The maximum Gasteiger partial charge on any atom is 0.269 e. The summed E-state index contributed by atoms with van der Waals surface area (Å²) in [6.45, 7) is 4.18. The lowest BCUT2D eigenvalue weighted by atomic mass is 9.94. The quantitative estimate of drug-likeness (QED) is 0.446. The SMILES string of the molecule is CC[C@@H](C)c1ccc([N+](=O)[O-])cc1CCl. The van der Waals surface area contributed by atoms with Crippen molar-refractivity contribution >= 4 is 17.3 Å². The van der Waals surface area contributed by atoms with Crippen molar-refractivity contribution in [2.75, 3.05) is 0 Å². The predicted molar refractivity (Wildman–Crippen MR) is 61.4 cm³/mol. The molecule has 0 saturated heterocycles. The third-order valence-corrected chi connectivity index (χ3v) is 2.91. The number of nitrogens with zero attached hydrogens (tertiary/aromatic N) is 1. The van der Waals surface area contributed by atoms with E-state index in [-0.39, 0.29) is 5.69 Å². The lowest BCUT2D eigenvalue weighted by molar-refractivity contribution is -0.384. The van der Waals surface area contributed by atoms with Crippen LogP contribution >= 0.6 is 11.6 Å². The van der Waals surface area contributed by atoms with Gasteiger partial charge >= 0.3 is 0 Å². The zero-order valence-electron chi connectivity index (χ0n) is 8.87. The minimum absolute atomic E-state index is 0.109. The molecule has 0 aliphatic heterocycles. The molecule has 0 heterocycles. The minimum atomic E-state index is -0.392. The largest absolute Gasteiger partial charge is 0.269 e. The highest BCUT2D eigenvalue weighted by molar-refractivity contribution is 6.17. The van der Waals surface area contributed by atoms with Crippen molar-refractivity contribution in [2.45, 2.75) is 32.1 Å². The molecule has 1 aromatic rings. The van der Waals surface area contributed by atoms with Crippen molar-refractivity contribution in [1.82, 2.24) is 0 Å². The molecule has 1 atom stereocenters. The number of benzene rings is 1. The van der Waals surface area contributed by atoms with E-state index in [9.17, 15) is 10.1 Å². The Bertz CT molecular complexity index is 366. The smallest absolute Gasteiger partial charge is 0.258 e. The van der Waals surface area contributed by atoms with Crippen molar-refractivity contribution in [1.29, 1.82) is 0 Å². The highest BCUT2D eigenvalue weighted by Gasteiger charge is 2.13. The molecule has 0 aliphatic carbocycles. The summed E-state index contributed by atoms with van der Waals surface area (Å²) >= 11 is 5.79. The summed E-state index contributed by atoms with van der Waals surface area (Å²) < 4.78 is 0. The lowest BCUT2D eigenvalue weighted by Gasteiger charge is -2.12. The molecule has 15 heavy (non-hydrogen) atoms. The van der Waals surface area contributed by atoms with Gasteiger partial charge in [-0.05, 0) is 23.5 Å². The average molecular weight is 228 g/mol. The molecule has 4 heteroatoms. The standard InChI is InChI=1S/C11H14ClNO2/c1-3-8(2)11-5-4-10(13(14)15)6-9(11)7-12/h4-6,8H,3,7H2,1-2H3/t8-/m1/s1. The fraction of sp³-hybridized carbons (Fsp3) is 0.455. The van der Waals surface area contributed by atoms with Gasteiger partial charge in [0.05, 0.1) is 4.92 Å². The molecule has 3 nitrogen and oxygen atoms in total. The molecule has 0 radical (unpaired) electrons. The Morgan fingerprint density at radius 1 is 1.53 bits per heavy atom. The minimum Gasteiger partial charge on any atom is -0.258 e. The molecule has 0 saturated carbocycles. The fourth-order valence-corrected chi connectivity index (χ4v) is 1.75. The zero-order chi connectivity index (χ0) is 11.4. The van der Waals surface area contributed by atoms with Crippen LogP contribution in [0.2, 0.25) is 0 Å². The number of halogens is 1. The van der Waals surface area contributed by atoms with E-state index in [1.165, 1.54) is 6.07 Å². The number of non-ortho nitro benzene ring substituents is 1. The molecule has 1 rings (SSSR count). The van der Waals surface area contributed by atoms with Gasteiger partial charge in [0.2, 0.25) is 0 Å². The first kappa shape index (κ1) is 12.0. The second-order valence-corrected chi connectivity index (χ2v) is 3.85. The van der Waals surface area contributed by atoms with Crippen LogP contribution in [0.15, 0.2) is 18.2 Å². The monoisotopic (exact) mass is 227 g/mol. The summed E-state index contributed by atoms with van der Waals surface area (Å²) in [4.78, 5) is 10.2. The maximum atomic E-state index is 10.6. The molecule has 0 amide bonds. The Labute approximate surface area is 94.2 Å². The highest BCUT2D eigenvalue weighted by atomic mass is 35.5. The van der Waals surface area contributed by atoms with Crippen LogP contribution < -0.4 is 0 Å². The van der Waals surface area contributed by atoms with E-state index in [2.05, 4.69) is 13.8 Å². The van der Waals surface area contributed by atoms with Crippen LogP contribution in [-0.2, 0) is 5.88 Å². The third-order valence-electron chi connectivity index (χ3n) is 2.62. The molecular weight excluding hydrogens is 214 g/mol. The van der Waals surface area contributed by atoms with E-state index in [0.717, 1.165) is 17.5 Å². The molecule has 82 valence electrons. The van der Waals surface area contributed by atoms with Crippen molar-refractivity contribution in [2.24, 2.45) is 0 Å². The summed E-state index contributed by atoms with van der Waals surface area (Å²) in [6.07, 6.45) is 1.00. The molecule has 0 aromatic heterocycles. The molecule has 0 spiro atoms. The Morgan fingerprint density at radius 2 is 2.20 bits per heavy atom. The Morgan fingerprint density at radius 3 is 2.67 bits per heavy atom. The van der Waals surface area contributed by atoms with E-state index in [0.29, 0.717) is 11.8 Å². The molecule has 0 N–H and O–H groups in total. The lowest BCUT2D eigenvalue weighted by Crippen LogP contribution is -1.98. The van der Waals surface area contributed by atoms with Crippen LogP contribution in [-0.4, -0.2) is 4.92 Å². The fourth-order valence-electron chi connectivity index (χ4n) is 1.52. The normalized spacial score (nSPS) is 12.5. The third kappa shape index (κ3) is 2.69. The van der Waals surface area contributed by atoms with E-state index >= 15 is 0 Å². The Hall–Kier alpha value is -1.09. The van der Waals surface area contributed by atoms with Crippen molar-refractivity contribution in [3.8, 4) is 0 Å². The van der Waals surface area contributed by atoms with Gasteiger partial charge in [-0.15, -0.1) is 11.6 Å². The Balaban J connectivity index is 3.14. The zero-order valence-corrected chi connectivity index (χ0v) is 9.62. The molecule has 0 unspecified atom stereocenters. The van der Waals surface area contributed by atoms with Crippen molar-refractivity contribution in [3.05, 3.63) is 39.4 Å². The number of hydrogen-bond acceptors (Lipinski definition) is 2. The van der Waals surface area contributed by atoms with Crippen LogP contribution in [0.1, 0.15) is 37.3 Å². The molecule has 1 aromatic carbocycles. The van der Waals surface area contributed by atoms with Crippen LogP contribution in [0.5, 0.6) is 0 Å². The average Bonchev–Trinajstić information content (AvgIpc) is 2.27. The van der Waals surface area contributed by atoms with Crippen LogP contribution in [0.4, 0.5) is 5.69 Å². The maximum absolute atomic E-state index is 10.6. The second kappa shape index (κ2) is 5.12. The summed E-state index contributed by atoms with van der Waals surface area (Å²) in [5.41, 5.74) is 2.08. The van der Waals surface area contributed by atoms with Crippen LogP contribution in [0.3, 0.4) is 0 Å². The summed E-state index contributed by atoms with van der Waals surface area (Å²) in [5.74, 6) is 0.709. The molecule has 0 bridgehead atoms. The van der Waals surface area contributed by atoms with Gasteiger partial charge in [-0.25, -0.2) is 0 Å². The highest BCUT2D eigenvalue weighted by Crippen LogP contribution is 2.27. The predicted octanol–water partition coefficient (Wildman–Crippen LogP) is 3.85. The first-order valence-corrected chi connectivity index (χ1v) is 5.46. The van der Waals surface area contributed by atoms with Crippen LogP contribution in [0, 0.1) is 10.1 Å². The molecule has 0 aliphatic rings. The first-order valence-electron chi connectivity index (χ1n) is 4.93. The van der Waals surface area contributed by atoms with Crippen LogP contribution in [0.25, 0.3) is 0 Å². The number of rotatable bonds is 4. The van der Waals surface area contributed by atoms with Gasteiger partial charge in [0, 0.05) is 18.0 Å². The number of alkyl halides is 1. The van der Waals surface area contributed by atoms with Gasteiger partial charge in [0.25, 0.3) is 5.69 Å². The van der Waals surface area contributed by atoms with Gasteiger partial charge in [0.15, 0.2) is 0 Å². The molecule has 0 fully saturated rings. The topological polar surface area (TPSA) is 43.1 Å². The van der Waals surface area contributed by atoms with E-state index in [4.69, 9.17) is 11.6 Å². The van der Waals surface area contributed by atoms with Crippen molar-refractivity contribution in [3.63, 3.8) is 0 Å². The van der Waals surface area contributed by atoms with Gasteiger partial charge < -0.3 is 0 Å². The van der Waals surface area contributed by atoms with Gasteiger partial charge in [0.1, 0.15) is 0 Å².